The van der Waals surface area contributed by atoms with Crippen LogP contribution in [0.3, 0.4) is 0 Å². The van der Waals surface area contributed by atoms with E-state index in [1.165, 1.54) is 10.4 Å². The lowest BCUT2D eigenvalue weighted by atomic mass is 9.91. The number of rotatable bonds is 11. The summed E-state index contributed by atoms with van der Waals surface area (Å²) in [6.45, 7) is 12.8. The van der Waals surface area contributed by atoms with Crippen LogP contribution in [0.25, 0.3) is 21.3 Å². The fraction of sp³-hybridized carbons (Fsp3) is 0.500. The molecular weight excluding hydrogens is 490 g/mol. The Morgan fingerprint density at radius 3 is 2.49 bits per heavy atom. The number of esters is 1. The highest BCUT2D eigenvalue weighted by Crippen LogP contribution is 2.44. The maximum atomic E-state index is 13.6. The van der Waals surface area contributed by atoms with Crippen LogP contribution in [-0.4, -0.2) is 68.0 Å². The van der Waals surface area contributed by atoms with Crippen LogP contribution >= 0.6 is 11.3 Å². The quantitative estimate of drug-likeness (QED) is 0.311. The predicted octanol–water partition coefficient (Wildman–Crippen LogP) is 5.31. The summed E-state index contributed by atoms with van der Waals surface area (Å²) in [6.07, 6.45) is 0.814. The molecule has 4 rings (SSSR count). The van der Waals surface area contributed by atoms with E-state index in [4.69, 9.17) is 24.0 Å². The van der Waals surface area contributed by atoms with Crippen molar-refractivity contribution in [1.82, 2.24) is 14.9 Å². The first kappa shape index (κ1) is 27.3. The average molecular weight is 528 g/mol. The monoisotopic (exact) mass is 527 g/mol. The van der Waals surface area contributed by atoms with E-state index in [9.17, 15) is 4.79 Å². The first-order chi connectivity index (χ1) is 18.0. The van der Waals surface area contributed by atoms with Gasteiger partial charge in [-0.3, -0.25) is 9.74 Å². The first-order valence-corrected chi connectivity index (χ1v) is 13.8. The van der Waals surface area contributed by atoms with Gasteiger partial charge in [0, 0.05) is 28.9 Å². The Morgan fingerprint density at radius 2 is 1.84 bits per heavy atom. The Morgan fingerprint density at radius 1 is 1.08 bits per heavy atom. The van der Waals surface area contributed by atoms with E-state index in [0.717, 1.165) is 53.1 Å². The highest BCUT2D eigenvalue weighted by atomic mass is 32.1. The van der Waals surface area contributed by atoms with Gasteiger partial charge in [0.1, 0.15) is 4.83 Å². The minimum absolute atomic E-state index is 0.290. The lowest BCUT2D eigenvalue weighted by Gasteiger charge is -2.26. The van der Waals surface area contributed by atoms with Crippen LogP contribution in [0.15, 0.2) is 18.2 Å². The molecule has 0 N–H and O–H groups in total. The molecule has 8 nitrogen and oxygen atoms in total. The summed E-state index contributed by atoms with van der Waals surface area (Å²) in [5.41, 5.74) is 4.23. The van der Waals surface area contributed by atoms with Crippen LogP contribution in [0.4, 0.5) is 0 Å². The van der Waals surface area contributed by atoms with Crippen molar-refractivity contribution in [3.05, 3.63) is 39.9 Å². The number of benzene rings is 1. The number of aromatic nitrogens is 1. The third-order valence-electron chi connectivity index (χ3n) is 6.76. The Labute approximate surface area is 223 Å². The maximum Gasteiger partial charge on any atom is 0.340 e. The van der Waals surface area contributed by atoms with Crippen molar-refractivity contribution in [1.29, 1.82) is 0 Å². The molecule has 0 amide bonds. The number of hydroxylamine groups is 2. The number of nitrogens with zero attached hydrogens (tertiary/aromatic N) is 3. The number of methoxy groups -OCH3 is 2. The van der Waals surface area contributed by atoms with Crippen LogP contribution in [0, 0.1) is 0 Å². The second kappa shape index (κ2) is 12.2. The van der Waals surface area contributed by atoms with Gasteiger partial charge in [-0.1, -0.05) is 19.9 Å². The molecule has 3 aromatic rings. The molecule has 3 heterocycles. The van der Waals surface area contributed by atoms with E-state index in [-0.39, 0.29) is 12.6 Å². The average Bonchev–Trinajstić information content (AvgIpc) is 3.27. The van der Waals surface area contributed by atoms with Gasteiger partial charge in [0.2, 0.25) is 0 Å². The summed E-state index contributed by atoms with van der Waals surface area (Å²) in [7, 11) is 3.24. The Balaban J connectivity index is 2.04. The molecule has 200 valence electrons. The minimum atomic E-state index is -0.351. The van der Waals surface area contributed by atoms with E-state index in [1.807, 2.05) is 37.1 Å². The summed E-state index contributed by atoms with van der Waals surface area (Å²) in [5.74, 6) is 0.893. The van der Waals surface area contributed by atoms with Gasteiger partial charge in [-0.25, -0.2) is 9.78 Å². The second-order valence-corrected chi connectivity index (χ2v) is 9.86. The first-order valence-electron chi connectivity index (χ1n) is 13.0. The van der Waals surface area contributed by atoms with Crippen molar-refractivity contribution in [2.75, 3.05) is 47.1 Å². The highest BCUT2D eigenvalue weighted by Gasteiger charge is 2.30. The zero-order valence-electron chi connectivity index (χ0n) is 22.7. The zero-order valence-corrected chi connectivity index (χ0v) is 23.5. The molecule has 0 unspecified atom stereocenters. The normalized spacial score (nSPS) is 13.7. The molecular formula is C28H37N3O5S. The summed E-state index contributed by atoms with van der Waals surface area (Å²) in [5, 5.41) is 3.03. The van der Waals surface area contributed by atoms with E-state index in [2.05, 4.69) is 18.7 Å². The van der Waals surface area contributed by atoms with E-state index >= 15 is 0 Å². The van der Waals surface area contributed by atoms with Gasteiger partial charge in [-0.2, -0.15) is 5.06 Å². The fourth-order valence-electron chi connectivity index (χ4n) is 4.92. The molecule has 1 aliphatic heterocycles. The topological polar surface area (TPSA) is 73.4 Å². The zero-order chi connectivity index (χ0) is 26.5. The van der Waals surface area contributed by atoms with Gasteiger partial charge in [0.05, 0.1) is 45.2 Å². The van der Waals surface area contributed by atoms with E-state index in [1.54, 1.807) is 25.6 Å². The Hall–Kier alpha value is -2.72. The van der Waals surface area contributed by atoms with Crippen LogP contribution in [0.2, 0.25) is 0 Å². The van der Waals surface area contributed by atoms with Gasteiger partial charge in [-0.15, -0.1) is 11.3 Å². The molecule has 0 saturated carbocycles. The molecule has 0 atom stereocenters. The molecule has 0 radical (unpaired) electrons. The van der Waals surface area contributed by atoms with Crippen molar-refractivity contribution in [2.45, 2.75) is 47.2 Å². The molecule has 0 saturated heterocycles. The van der Waals surface area contributed by atoms with Crippen LogP contribution in [-0.2, 0) is 29.1 Å². The molecule has 37 heavy (non-hydrogen) atoms. The largest absolute Gasteiger partial charge is 0.493 e. The molecule has 9 heteroatoms. The Bertz CT molecular complexity index is 1250. The molecule has 0 bridgehead atoms. The fourth-order valence-corrected chi connectivity index (χ4v) is 6.17. The number of thiophene rings is 1. The molecule has 2 aromatic heterocycles. The number of carbonyl (C=O) groups is 1. The number of hydrogen-bond donors (Lipinski definition) is 0. The van der Waals surface area contributed by atoms with Gasteiger partial charge < -0.3 is 14.2 Å². The highest BCUT2D eigenvalue weighted by molar-refractivity contribution is 7.19. The number of hydrogen-bond acceptors (Lipinski definition) is 9. The smallest absolute Gasteiger partial charge is 0.340 e. The molecule has 0 spiro atoms. The summed E-state index contributed by atoms with van der Waals surface area (Å²) in [6, 6.07) is 5.81. The summed E-state index contributed by atoms with van der Waals surface area (Å²) in [4.78, 5) is 29.0. The molecule has 1 aliphatic rings. The molecule has 1 aromatic carbocycles. The van der Waals surface area contributed by atoms with Crippen molar-refractivity contribution >= 4 is 27.5 Å². The maximum absolute atomic E-state index is 13.6. The molecule has 0 aliphatic carbocycles. The minimum Gasteiger partial charge on any atom is -0.493 e. The summed E-state index contributed by atoms with van der Waals surface area (Å²) < 4.78 is 16.8. The SMILES string of the molecule is CCOC(=O)c1c(CN(CC)CC)nc2sc3c(c2c1-c1ccc(OC)c(OC)c1)CCN(OCC)C3. The number of pyridine rings is 1. The number of fused-ring (bicyclic) bond motifs is 3. The summed E-state index contributed by atoms with van der Waals surface area (Å²) >= 11 is 1.69. The van der Waals surface area contributed by atoms with E-state index in [0.29, 0.717) is 36.8 Å². The predicted molar refractivity (Wildman–Crippen MR) is 146 cm³/mol. The standard InChI is InChI=1S/C28H37N3O5S/c1-7-30(8-2)16-20-26(28(32)35-9-3)24(18-11-12-21(33-5)22(15-18)34-6)25-19-13-14-31(36-10-4)17-23(19)37-27(25)29-20/h11-12,15H,7-10,13-14,16-17H2,1-6H3. The Kier molecular flexibility index (Phi) is 9.02. The van der Waals surface area contributed by atoms with Gasteiger partial charge in [0.25, 0.3) is 0 Å². The van der Waals surface area contributed by atoms with Crippen molar-refractivity contribution < 1.29 is 23.8 Å². The number of ether oxygens (including phenoxy) is 3. The van der Waals surface area contributed by atoms with Crippen molar-refractivity contribution in [3.63, 3.8) is 0 Å². The lowest BCUT2D eigenvalue weighted by molar-refractivity contribution is -0.164. The number of carbonyl (C=O) groups excluding carboxylic acids is 1. The third kappa shape index (κ3) is 5.45. The van der Waals surface area contributed by atoms with E-state index < -0.39 is 0 Å². The van der Waals surface area contributed by atoms with Gasteiger partial charge in [-0.05, 0) is 56.6 Å². The van der Waals surface area contributed by atoms with Crippen molar-refractivity contribution in [3.8, 4) is 22.6 Å². The van der Waals surface area contributed by atoms with Crippen LogP contribution in [0.5, 0.6) is 11.5 Å². The van der Waals surface area contributed by atoms with Crippen molar-refractivity contribution in [2.24, 2.45) is 0 Å². The third-order valence-corrected chi connectivity index (χ3v) is 7.87. The van der Waals surface area contributed by atoms with Crippen LogP contribution < -0.4 is 9.47 Å². The van der Waals surface area contributed by atoms with Gasteiger partial charge >= 0.3 is 5.97 Å². The second-order valence-electron chi connectivity index (χ2n) is 8.78. The lowest BCUT2D eigenvalue weighted by Crippen LogP contribution is -2.29. The molecule has 0 fully saturated rings. The van der Waals surface area contributed by atoms with Crippen LogP contribution in [0.1, 0.15) is 54.2 Å². The van der Waals surface area contributed by atoms with Gasteiger partial charge in [0.15, 0.2) is 11.5 Å².